The van der Waals surface area contributed by atoms with Crippen LogP contribution in [0.5, 0.6) is 5.75 Å². The summed E-state index contributed by atoms with van der Waals surface area (Å²) in [4.78, 5) is 21.9. The van der Waals surface area contributed by atoms with Crippen molar-refractivity contribution < 1.29 is 19.2 Å². The van der Waals surface area contributed by atoms with Gasteiger partial charge in [-0.1, -0.05) is 6.92 Å². The summed E-state index contributed by atoms with van der Waals surface area (Å²) in [5.74, 6) is -0.138. The van der Waals surface area contributed by atoms with Gasteiger partial charge in [0.25, 0.3) is 5.69 Å². The second kappa shape index (κ2) is 8.58. The zero-order valence-electron chi connectivity index (χ0n) is 11.8. The summed E-state index contributed by atoms with van der Waals surface area (Å²) in [7, 11) is 1.30. The van der Waals surface area contributed by atoms with Gasteiger partial charge in [-0.2, -0.15) is 0 Å². The predicted molar refractivity (Wildman–Crippen MR) is 80.4 cm³/mol. The number of methoxy groups -OCH3 is 1. The van der Waals surface area contributed by atoms with Gasteiger partial charge in [-0.15, -0.1) is 0 Å². The van der Waals surface area contributed by atoms with Crippen LogP contribution in [0.15, 0.2) is 22.7 Å². The van der Waals surface area contributed by atoms with E-state index in [1.165, 1.54) is 25.3 Å². The third-order valence-electron chi connectivity index (χ3n) is 2.66. The van der Waals surface area contributed by atoms with Crippen molar-refractivity contribution in [3.8, 4) is 5.75 Å². The van der Waals surface area contributed by atoms with Gasteiger partial charge in [0.05, 0.1) is 22.6 Å². The lowest BCUT2D eigenvalue weighted by Gasteiger charge is -2.17. The highest BCUT2D eigenvalue weighted by Crippen LogP contribution is 2.29. The summed E-state index contributed by atoms with van der Waals surface area (Å²) in [6.07, 6.45) is 0.855. The molecule has 0 heterocycles. The Balaban J connectivity index is 2.76. The molecule has 0 aliphatic heterocycles. The van der Waals surface area contributed by atoms with Crippen LogP contribution >= 0.6 is 15.9 Å². The number of hydrogen-bond acceptors (Lipinski definition) is 6. The first-order chi connectivity index (χ1) is 9.99. The van der Waals surface area contributed by atoms with Crippen molar-refractivity contribution in [3.05, 3.63) is 32.8 Å². The van der Waals surface area contributed by atoms with Crippen molar-refractivity contribution >= 4 is 27.6 Å². The highest BCUT2D eigenvalue weighted by Gasteiger charge is 2.20. The van der Waals surface area contributed by atoms with Gasteiger partial charge in [0, 0.05) is 6.07 Å². The largest absolute Gasteiger partial charge is 0.490 e. The first kappa shape index (κ1) is 17.4. The molecule has 1 aromatic rings. The standard InChI is InChI=1S/C13H17BrN2O5/c1-3-6-15-11(13(17)20-2)8-21-12-7-9(16(18)19)4-5-10(12)14/h4-5,7,11,15H,3,6,8H2,1-2H3. The number of non-ortho nitro benzene ring substituents is 1. The molecule has 0 saturated heterocycles. The number of rotatable bonds is 8. The smallest absolute Gasteiger partial charge is 0.326 e. The lowest BCUT2D eigenvalue weighted by atomic mass is 10.3. The van der Waals surface area contributed by atoms with Crippen LogP contribution in [0, 0.1) is 10.1 Å². The van der Waals surface area contributed by atoms with Gasteiger partial charge >= 0.3 is 5.97 Å². The van der Waals surface area contributed by atoms with Crippen LogP contribution in [0.25, 0.3) is 0 Å². The van der Waals surface area contributed by atoms with Crippen LogP contribution in [-0.2, 0) is 9.53 Å². The second-order valence-corrected chi connectivity index (χ2v) is 5.07. The first-order valence-corrected chi connectivity index (χ1v) is 7.16. The predicted octanol–water partition coefficient (Wildman–Crippen LogP) is 2.28. The zero-order valence-corrected chi connectivity index (χ0v) is 13.4. The SMILES string of the molecule is CCCNC(COc1cc([N+](=O)[O-])ccc1Br)C(=O)OC. The Hall–Kier alpha value is -1.67. The van der Waals surface area contributed by atoms with Crippen molar-refractivity contribution in [1.82, 2.24) is 5.32 Å². The molecule has 1 atom stereocenters. The van der Waals surface area contributed by atoms with Crippen LogP contribution in [0.4, 0.5) is 5.69 Å². The molecule has 1 unspecified atom stereocenters. The van der Waals surface area contributed by atoms with Gasteiger partial charge in [0.1, 0.15) is 18.4 Å². The molecule has 0 fully saturated rings. The normalized spacial score (nSPS) is 11.8. The summed E-state index contributed by atoms with van der Waals surface area (Å²) >= 11 is 3.25. The Labute approximate surface area is 130 Å². The number of nitro benzene ring substituents is 1. The zero-order chi connectivity index (χ0) is 15.8. The lowest BCUT2D eigenvalue weighted by molar-refractivity contribution is -0.385. The fourth-order valence-electron chi connectivity index (χ4n) is 1.56. The summed E-state index contributed by atoms with van der Waals surface area (Å²) in [5.41, 5.74) is -0.0793. The van der Waals surface area contributed by atoms with Gasteiger partial charge in [-0.25, -0.2) is 0 Å². The van der Waals surface area contributed by atoms with Gasteiger partial charge in [0.15, 0.2) is 0 Å². The van der Waals surface area contributed by atoms with E-state index in [1.54, 1.807) is 0 Å². The second-order valence-electron chi connectivity index (χ2n) is 4.21. The number of esters is 1. The number of ether oxygens (including phenoxy) is 2. The van der Waals surface area contributed by atoms with E-state index in [0.29, 0.717) is 16.8 Å². The topological polar surface area (TPSA) is 90.7 Å². The molecule has 0 aliphatic rings. The molecule has 1 N–H and O–H groups in total. The maximum absolute atomic E-state index is 11.6. The van der Waals surface area contributed by atoms with Crippen molar-refractivity contribution in [2.24, 2.45) is 0 Å². The van der Waals surface area contributed by atoms with Crippen molar-refractivity contribution in [1.29, 1.82) is 0 Å². The highest BCUT2D eigenvalue weighted by atomic mass is 79.9. The van der Waals surface area contributed by atoms with E-state index < -0.39 is 16.9 Å². The maximum Gasteiger partial charge on any atom is 0.326 e. The monoisotopic (exact) mass is 360 g/mol. The fourth-order valence-corrected chi connectivity index (χ4v) is 1.92. The molecule has 116 valence electrons. The van der Waals surface area contributed by atoms with E-state index in [1.807, 2.05) is 6.92 Å². The third kappa shape index (κ3) is 5.31. The van der Waals surface area contributed by atoms with Crippen LogP contribution in [0.2, 0.25) is 0 Å². The number of nitrogens with one attached hydrogen (secondary N) is 1. The molecule has 0 bridgehead atoms. The Kier molecular flexibility index (Phi) is 7.10. The minimum atomic E-state index is -0.624. The minimum Gasteiger partial charge on any atom is -0.490 e. The number of benzene rings is 1. The molecular weight excluding hydrogens is 344 g/mol. The average molecular weight is 361 g/mol. The summed E-state index contributed by atoms with van der Waals surface area (Å²) in [5, 5.41) is 13.7. The van der Waals surface area contributed by atoms with E-state index in [9.17, 15) is 14.9 Å². The number of nitro groups is 1. The number of nitrogens with zero attached hydrogens (tertiary/aromatic N) is 1. The Morgan fingerprint density at radius 2 is 2.24 bits per heavy atom. The van der Waals surface area contributed by atoms with Gasteiger partial charge in [0.2, 0.25) is 0 Å². The molecule has 0 radical (unpaired) electrons. The van der Waals surface area contributed by atoms with E-state index >= 15 is 0 Å². The number of hydrogen-bond donors (Lipinski definition) is 1. The van der Waals surface area contributed by atoms with Crippen molar-refractivity contribution in [3.63, 3.8) is 0 Å². The molecule has 0 aliphatic carbocycles. The summed E-state index contributed by atoms with van der Waals surface area (Å²) in [6, 6.07) is 3.57. The van der Waals surface area contributed by atoms with E-state index in [0.717, 1.165) is 6.42 Å². The Morgan fingerprint density at radius 3 is 2.81 bits per heavy atom. The lowest BCUT2D eigenvalue weighted by Crippen LogP contribution is -2.42. The van der Waals surface area contributed by atoms with Crippen LogP contribution in [-0.4, -0.2) is 37.2 Å². The summed E-state index contributed by atoms with van der Waals surface area (Å²) < 4.78 is 10.8. The molecule has 0 saturated carbocycles. The van der Waals surface area contributed by atoms with Crippen LogP contribution in [0.1, 0.15) is 13.3 Å². The van der Waals surface area contributed by atoms with E-state index in [2.05, 4.69) is 26.0 Å². The third-order valence-corrected chi connectivity index (χ3v) is 3.31. The summed E-state index contributed by atoms with van der Waals surface area (Å²) in [6.45, 7) is 2.63. The Morgan fingerprint density at radius 1 is 1.52 bits per heavy atom. The van der Waals surface area contributed by atoms with Crippen molar-refractivity contribution in [2.75, 3.05) is 20.3 Å². The molecule has 0 spiro atoms. The maximum atomic E-state index is 11.6. The molecule has 1 rings (SSSR count). The van der Waals surface area contributed by atoms with Crippen molar-refractivity contribution in [2.45, 2.75) is 19.4 Å². The van der Waals surface area contributed by atoms with E-state index in [4.69, 9.17) is 4.74 Å². The van der Waals surface area contributed by atoms with Gasteiger partial charge in [-0.05, 0) is 35.0 Å². The van der Waals surface area contributed by atoms with Crippen LogP contribution in [0.3, 0.4) is 0 Å². The molecule has 0 aromatic heterocycles. The van der Waals surface area contributed by atoms with Crippen LogP contribution < -0.4 is 10.1 Å². The van der Waals surface area contributed by atoms with Gasteiger partial charge < -0.3 is 14.8 Å². The Bertz CT molecular complexity index is 509. The molecule has 21 heavy (non-hydrogen) atoms. The minimum absolute atomic E-state index is 0.0203. The van der Waals surface area contributed by atoms with Gasteiger partial charge in [-0.3, -0.25) is 14.9 Å². The quantitative estimate of drug-likeness (QED) is 0.434. The molecular formula is C13H17BrN2O5. The average Bonchev–Trinajstić information content (AvgIpc) is 2.47. The number of halogens is 1. The molecule has 8 heteroatoms. The highest BCUT2D eigenvalue weighted by molar-refractivity contribution is 9.10. The molecule has 1 aromatic carbocycles. The fraction of sp³-hybridized carbons (Fsp3) is 0.462. The number of carbonyl (C=O) groups is 1. The van der Waals surface area contributed by atoms with E-state index in [-0.39, 0.29) is 12.3 Å². The number of carbonyl (C=O) groups excluding carboxylic acids is 1. The molecule has 0 amide bonds. The molecule has 7 nitrogen and oxygen atoms in total. The first-order valence-electron chi connectivity index (χ1n) is 6.37.